The minimum absolute atomic E-state index is 0.0606. The second kappa shape index (κ2) is 8.08. The largest absolute Gasteiger partial charge is 0.357 e. The fraction of sp³-hybridized carbons (Fsp3) is 0.846. The average Bonchev–Trinajstić information content (AvgIpc) is 2.30. The van der Waals surface area contributed by atoms with Gasteiger partial charge in [0.2, 0.25) is 11.8 Å². The summed E-state index contributed by atoms with van der Waals surface area (Å²) >= 11 is 0. The van der Waals surface area contributed by atoms with Crippen LogP contribution in [0.2, 0.25) is 0 Å². The van der Waals surface area contributed by atoms with Crippen LogP contribution in [0.1, 0.15) is 34.1 Å². The van der Waals surface area contributed by atoms with Gasteiger partial charge in [-0.25, -0.2) is 0 Å². The van der Waals surface area contributed by atoms with Crippen LogP contribution in [0.15, 0.2) is 0 Å². The minimum Gasteiger partial charge on any atom is -0.357 e. The van der Waals surface area contributed by atoms with Gasteiger partial charge in [-0.2, -0.15) is 0 Å². The molecule has 0 aliphatic carbocycles. The molecule has 0 saturated heterocycles. The summed E-state index contributed by atoms with van der Waals surface area (Å²) in [5.41, 5.74) is 0. The Kier molecular flexibility index (Phi) is 7.59. The van der Waals surface area contributed by atoms with Crippen LogP contribution in [0.25, 0.3) is 0 Å². The van der Waals surface area contributed by atoms with Gasteiger partial charge in [-0.15, -0.1) is 0 Å². The van der Waals surface area contributed by atoms with Gasteiger partial charge < -0.3 is 16.0 Å². The molecule has 0 radical (unpaired) electrons. The first kappa shape index (κ1) is 16.9. The molecule has 0 saturated carbocycles. The maximum atomic E-state index is 12.1. The lowest BCUT2D eigenvalue weighted by Crippen LogP contribution is -2.54. The summed E-state index contributed by atoms with van der Waals surface area (Å²) in [5, 5.41) is 8.38. The fourth-order valence-electron chi connectivity index (χ4n) is 1.77. The maximum absolute atomic E-state index is 12.1. The fourth-order valence-corrected chi connectivity index (χ4v) is 1.77. The molecule has 0 aromatic heterocycles. The summed E-state index contributed by atoms with van der Waals surface area (Å²) in [7, 11) is 3.34. The molecule has 0 bridgehead atoms. The number of carbonyl (C=O) groups is 2. The number of amides is 2. The molecule has 0 spiro atoms. The summed E-state index contributed by atoms with van der Waals surface area (Å²) in [5.74, 6) is 0.211. The van der Waals surface area contributed by atoms with Crippen molar-refractivity contribution >= 4 is 11.8 Å². The highest BCUT2D eigenvalue weighted by atomic mass is 16.2. The first-order valence-electron chi connectivity index (χ1n) is 6.52. The molecule has 0 aliphatic rings. The van der Waals surface area contributed by atoms with E-state index in [1.165, 1.54) is 0 Å². The van der Waals surface area contributed by atoms with E-state index in [9.17, 15) is 9.59 Å². The van der Waals surface area contributed by atoms with E-state index < -0.39 is 6.04 Å². The predicted molar refractivity (Wildman–Crippen MR) is 73.1 cm³/mol. The summed E-state index contributed by atoms with van der Waals surface area (Å²) < 4.78 is 0. The van der Waals surface area contributed by atoms with Crippen molar-refractivity contribution in [3.63, 3.8) is 0 Å². The quantitative estimate of drug-likeness (QED) is 0.622. The molecule has 2 amide bonds. The van der Waals surface area contributed by atoms with Crippen molar-refractivity contribution < 1.29 is 9.59 Å². The zero-order valence-electron chi connectivity index (χ0n) is 12.3. The van der Waals surface area contributed by atoms with Gasteiger partial charge in [0.1, 0.15) is 6.04 Å². The Hall–Kier alpha value is -1.10. The first-order valence-corrected chi connectivity index (χ1v) is 6.52. The van der Waals surface area contributed by atoms with Crippen LogP contribution in [-0.4, -0.2) is 38.0 Å². The van der Waals surface area contributed by atoms with Crippen LogP contribution in [0.4, 0.5) is 0 Å². The second-order valence-electron chi connectivity index (χ2n) is 5.32. The van der Waals surface area contributed by atoms with E-state index in [1.807, 2.05) is 13.8 Å². The van der Waals surface area contributed by atoms with E-state index in [2.05, 4.69) is 29.8 Å². The standard InChI is InChI=1S/C13H27N3O2/c1-8(2)7-10(14-5)12(17)16-11(9(3)4)13(18)15-6/h8-11,14H,7H2,1-6H3,(H,15,18)(H,16,17)/t10-,11-/m0/s1. The molecule has 0 aromatic carbocycles. The van der Waals surface area contributed by atoms with Gasteiger partial charge in [0.15, 0.2) is 0 Å². The van der Waals surface area contributed by atoms with Crippen molar-refractivity contribution in [2.45, 2.75) is 46.2 Å². The molecule has 3 N–H and O–H groups in total. The van der Waals surface area contributed by atoms with E-state index in [4.69, 9.17) is 0 Å². The summed E-state index contributed by atoms with van der Waals surface area (Å²) in [6.45, 7) is 7.96. The third-order valence-corrected chi connectivity index (χ3v) is 2.87. The van der Waals surface area contributed by atoms with Gasteiger partial charge in [0.25, 0.3) is 0 Å². The van der Waals surface area contributed by atoms with Crippen LogP contribution in [0, 0.1) is 11.8 Å². The number of likely N-dealkylation sites (N-methyl/N-ethyl adjacent to an activating group) is 2. The zero-order valence-corrected chi connectivity index (χ0v) is 12.3. The van der Waals surface area contributed by atoms with Crippen LogP contribution >= 0.6 is 0 Å². The summed E-state index contributed by atoms with van der Waals surface area (Å²) in [6.07, 6.45) is 0.751. The van der Waals surface area contributed by atoms with Crippen molar-refractivity contribution in [1.29, 1.82) is 0 Å². The maximum Gasteiger partial charge on any atom is 0.242 e. The van der Waals surface area contributed by atoms with Crippen molar-refractivity contribution in [2.75, 3.05) is 14.1 Å². The lowest BCUT2D eigenvalue weighted by atomic mass is 10.00. The minimum atomic E-state index is -0.481. The average molecular weight is 257 g/mol. The zero-order chi connectivity index (χ0) is 14.3. The van der Waals surface area contributed by atoms with Crippen LogP contribution in [-0.2, 0) is 9.59 Å². The SMILES string of the molecule is CNC(=O)[C@@H](NC(=O)[C@H](CC(C)C)NC)C(C)C. The number of hydrogen-bond acceptors (Lipinski definition) is 3. The lowest BCUT2D eigenvalue weighted by Gasteiger charge is -2.24. The monoisotopic (exact) mass is 257 g/mol. The van der Waals surface area contributed by atoms with Crippen molar-refractivity contribution in [2.24, 2.45) is 11.8 Å². The van der Waals surface area contributed by atoms with Crippen molar-refractivity contribution in [3.8, 4) is 0 Å². The van der Waals surface area contributed by atoms with E-state index in [1.54, 1.807) is 14.1 Å². The predicted octanol–water partition coefficient (Wildman–Crippen LogP) is 0.507. The molecule has 5 nitrogen and oxygen atoms in total. The molecule has 0 rings (SSSR count). The van der Waals surface area contributed by atoms with Gasteiger partial charge in [0, 0.05) is 7.05 Å². The second-order valence-corrected chi connectivity index (χ2v) is 5.32. The Balaban J connectivity index is 4.61. The Morgan fingerprint density at radius 1 is 1.00 bits per heavy atom. The van der Waals surface area contributed by atoms with Gasteiger partial charge >= 0.3 is 0 Å². The molecule has 0 aromatic rings. The van der Waals surface area contributed by atoms with Gasteiger partial charge in [-0.1, -0.05) is 27.7 Å². The van der Waals surface area contributed by atoms with E-state index in [0.717, 1.165) is 6.42 Å². The smallest absolute Gasteiger partial charge is 0.242 e. The Morgan fingerprint density at radius 3 is 1.89 bits per heavy atom. The highest BCUT2D eigenvalue weighted by molar-refractivity contribution is 5.89. The van der Waals surface area contributed by atoms with E-state index in [-0.39, 0.29) is 23.8 Å². The molecule has 0 fully saturated rings. The molecule has 0 heterocycles. The number of hydrogen-bond donors (Lipinski definition) is 3. The lowest BCUT2D eigenvalue weighted by molar-refractivity contribution is -0.130. The van der Waals surface area contributed by atoms with Crippen molar-refractivity contribution in [1.82, 2.24) is 16.0 Å². The van der Waals surface area contributed by atoms with Crippen LogP contribution in [0.3, 0.4) is 0 Å². The number of nitrogens with one attached hydrogen (secondary N) is 3. The molecule has 18 heavy (non-hydrogen) atoms. The summed E-state index contributed by atoms with van der Waals surface area (Å²) in [4.78, 5) is 23.8. The van der Waals surface area contributed by atoms with E-state index in [0.29, 0.717) is 5.92 Å². The molecule has 0 aliphatic heterocycles. The third kappa shape index (κ3) is 5.49. The molecule has 0 unspecified atom stereocenters. The third-order valence-electron chi connectivity index (χ3n) is 2.87. The molecular weight excluding hydrogens is 230 g/mol. The molecule has 5 heteroatoms. The number of carbonyl (C=O) groups excluding carboxylic acids is 2. The topological polar surface area (TPSA) is 70.2 Å². The van der Waals surface area contributed by atoms with Crippen LogP contribution in [0.5, 0.6) is 0 Å². The highest BCUT2D eigenvalue weighted by Gasteiger charge is 2.26. The number of rotatable bonds is 7. The molecule has 2 atom stereocenters. The van der Waals surface area contributed by atoms with E-state index >= 15 is 0 Å². The summed E-state index contributed by atoms with van der Waals surface area (Å²) in [6, 6.07) is -0.735. The van der Waals surface area contributed by atoms with Crippen molar-refractivity contribution in [3.05, 3.63) is 0 Å². The van der Waals surface area contributed by atoms with Crippen LogP contribution < -0.4 is 16.0 Å². The Morgan fingerprint density at radius 2 is 1.56 bits per heavy atom. The normalized spacial score (nSPS) is 14.4. The highest BCUT2D eigenvalue weighted by Crippen LogP contribution is 2.07. The molecular formula is C13H27N3O2. The van der Waals surface area contributed by atoms with Gasteiger partial charge in [-0.05, 0) is 25.3 Å². The first-order chi connectivity index (χ1) is 8.33. The van der Waals surface area contributed by atoms with Gasteiger partial charge in [0.05, 0.1) is 6.04 Å². The van der Waals surface area contributed by atoms with Gasteiger partial charge in [-0.3, -0.25) is 9.59 Å². The Labute approximate surface area is 110 Å². The Bertz CT molecular complexity index is 277. The molecule has 106 valence electrons.